The van der Waals surface area contributed by atoms with Gasteiger partial charge < -0.3 is 23.9 Å². The molecule has 0 aliphatic carbocycles. The summed E-state index contributed by atoms with van der Waals surface area (Å²) < 4.78 is 25.2. The molecule has 0 saturated carbocycles. The molecule has 11 nitrogen and oxygen atoms in total. The highest BCUT2D eigenvalue weighted by molar-refractivity contribution is 6.30. The molecule has 4 heterocycles. The Hall–Kier alpha value is -2.99. The number of halogens is 1. The maximum absolute atomic E-state index is 12.3. The van der Waals surface area contributed by atoms with Gasteiger partial charge in [-0.1, -0.05) is 17.7 Å². The van der Waals surface area contributed by atoms with Crippen molar-refractivity contribution in [2.75, 3.05) is 11.9 Å². The van der Waals surface area contributed by atoms with Gasteiger partial charge in [0.15, 0.2) is 23.2 Å². The van der Waals surface area contributed by atoms with Gasteiger partial charge in [-0.3, -0.25) is 14.7 Å². The Morgan fingerprint density at radius 2 is 2.12 bits per heavy atom. The van der Waals surface area contributed by atoms with Crippen LogP contribution in [0.25, 0.3) is 11.2 Å². The number of ether oxygens (including phenoxy) is 4. The first-order valence-electron chi connectivity index (χ1n) is 9.91. The quantitative estimate of drug-likeness (QED) is 0.606. The number of amides is 1. The number of aromatic nitrogens is 4. The number of nitrogens with one attached hydrogen (secondary N) is 2. The third kappa shape index (κ3) is 3.84. The molecule has 12 heteroatoms. The van der Waals surface area contributed by atoms with E-state index in [4.69, 9.17) is 30.5 Å². The number of benzene rings is 1. The maximum atomic E-state index is 12.3. The first-order valence-corrected chi connectivity index (χ1v) is 10.3. The van der Waals surface area contributed by atoms with Crippen molar-refractivity contribution in [2.24, 2.45) is 0 Å². The highest BCUT2D eigenvalue weighted by Crippen LogP contribution is 2.43. The molecule has 5 rings (SSSR count). The molecule has 0 bridgehead atoms. The van der Waals surface area contributed by atoms with E-state index in [2.05, 4.69) is 20.3 Å². The van der Waals surface area contributed by atoms with E-state index in [1.165, 1.54) is 12.7 Å². The van der Waals surface area contributed by atoms with Crippen LogP contribution >= 0.6 is 11.6 Å². The number of carbonyl (C=O) groups is 1. The second-order valence-corrected chi connectivity index (χ2v) is 8.36. The number of rotatable bonds is 4. The van der Waals surface area contributed by atoms with Gasteiger partial charge in [-0.2, -0.15) is 0 Å². The van der Waals surface area contributed by atoms with E-state index in [9.17, 15) is 9.59 Å². The molecule has 1 aromatic carbocycles. The minimum Gasteiger partial charge on any atom is -0.446 e. The zero-order valence-electron chi connectivity index (χ0n) is 17.1. The summed E-state index contributed by atoms with van der Waals surface area (Å²) in [7, 11) is 0. The predicted octanol–water partition coefficient (Wildman–Crippen LogP) is 2.44. The van der Waals surface area contributed by atoms with E-state index < -0.39 is 36.4 Å². The second-order valence-electron chi connectivity index (χ2n) is 7.92. The van der Waals surface area contributed by atoms with Crippen molar-refractivity contribution < 1.29 is 23.7 Å². The number of imidazole rings is 1. The fourth-order valence-corrected chi connectivity index (χ4v) is 4.13. The molecule has 3 aromatic rings. The maximum Gasteiger partial charge on any atom is 0.411 e. The second kappa shape index (κ2) is 7.85. The summed E-state index contributed by atoms with van der Waals surface area (Å²) in [5, 5.41) is 3.11. The van der Waals surface area contributed by atoms with Crippen LogP contribution in [0.1, 0.15) is 20.1 Å². The third-order valence-corrected chi connectivity index (χ3v) is 5.45. The van der Waals surface area contributed by atoms with Crippen molar-refractivity contribution in [1.29, 1.82) is 0 Å². The molecule has 0 radical (unpaired) electrons. The van der Waals surface area contributed by atoms with Gasteiger partial charge in [-0.05, 0) is 32.0 Å². The van der Waals surface area contributed by atoms with Crippen LogP contribution in [0, 0.1) is 0 Å². The van der Waals surface area contributed by atoms with Crippen LogP contribution in [0.4, 0.5) is 10.5 Å². The molecule has 168 valence electrons. The molecule has 2 aliphatic rings. The van der Waals surface area contributed by atoms with Gasteiger partial charge >= 0.3 is 6.09 Å². The van der Waals surface area contributed by atoms with E-state index in [1.807, 2.05) is 0 Å². The smallest absolute Gasteiger partial charge is 0.411 e. The van der Waals surface area contributed by atoms with Crippen molar-refractivity contribution >= 4 is 34.5 Å². The van der Waals surface area contributed by atoms with Crippen LogP contribution in [0.2, 0.25) is 5.02 Å². The molecule has 2 aliphatic heterocycles. The Labute approximate surface area is 186 Å². The Morgan fingerprint density at radius 3 is 2.94 bits per heavy atom. The van der Waals surface area contributed by atoms with Crippen molar-refractivity contribution in [1.82, 2.24) is 19.5 Å². The lowest BCUT2D eigenvalue weighted by atomic mass is 10.1. The molecule has 4 unspecified atom stereocenters. The Kier molecular flexibility index (Phi) is 5.13. The lowest BCUT2D eigenvalue weighted by Crippen LogP contribution is -2.34. The fourth-order valence-electron chi connectivity index (χ4n) is 3.94. The summed E-state index contributed by atoms with van der Waals surface area (Å²) in [5.74, 6) is -0.861. The number of H-pyrrole nitrogens is 1. The number of hydrogen-bond acceptors (Lipinski definition) is 8. The number of anilines is 1. The van der Waals surface area contributed by atoms with Gasteiger partial charge in [0.1, 0.15) is 24.9 Å². The van der Waals surface area contributed by atoms with E-state index >= 15 is 0 Å². The number of aromatic amines is 1. The SMILES string of the molecule is CC1(C)OC2C(COC(=O)Nc3cccc(Cl)c3)OC(n3cnc4c(=O)[nH]cnc43)C2O1. The van der Waals surface area contributed by atoms with Crippen LogP contribution < -0.4 is 10.9 Å². The number of hydrogen-bond donors (Lipinski definition) is 2. The minimum atomic E-state index is -0.861. The largest absolute Gasteiger partial charge is 0.446 e. The van der Waals surface area contributed by atoms with E-state index in [-0.39, 0.29) is 17.7 Å². The highest BCUT2D eigenvalue weighted by Gasteiger charge is 2.56. The molecule has 0 spiro atoms. The fraction of sp³-hybridized carbons (Fsp3) is 0.400. The van der Waals surface area contributed by atoms with Gasteiger partial charge in [-0.25, -0.2) is 14.8 Å². The molecular formula is C20H20ClN5O6. The summed E-state index contributed by atoms with van der Waals surface area (Å²) in [4.78, 5) is 35.1. The molecule has 2 aromatic heterocycles. The molecule has 4 atom stereocenters. The molecular weight excluding hydrogens is 442 g/mol. The zero-order chi connectivity index (χ0) is 22.5. The summed E-state index contributed by atoms with van der Waals surface area (Å²) in [5.41, 5.74) is 0.690. The lowest BCUT2D eigenvalue weighted by molar-refractivity contribution is -0.199. The summed E-state index contributed by atoms with van der Waals surface area (Å²) in [6, 6.07) is 6.72. The van der Waals surface area contributed by atoms with E-state index in [0.717, 1.165) is 0 Å². The van der Waals surface area contributed by atoms with Gasteiger partial charge in [0.05, 0.1) is 12.7 Å². The number of nitrogens with zero attached hydrogens (tertiary/aromatic N) is 3. The Balaban J connectivity index is 1.34. The van der Waals surface area contributed by atoms with Crippen molar-refractivity contribution in [3.05, 3.63) is 52.3 Å². The first-order chi connectivity index (χ1) is 15.3. The summed E-state index contributed by atoms with van der Waals surface area (Å²) >= 11 is 5.94. The topological polar surface area (TPSA) is 130 Å². The standard InChI is InChI=1S/C20H20ClN5O6/c1-20(2)31-14-12(7-29-19(28)25-11-5-3-4-10(21)6-11)30-18(15(14)32-20)26-9-24-13-16(26)22-8-23-17(13)27/h3-6,8-9,12,14-15,18H,7H2,1-2H3,(H,25,28)(H,22,23,27). The summed E-state index contributed by atoms with van der Waals surface area (Å²) in [6.45, 7) is 3.51. The summed E-state index contributed by atoms with van der Waals surface area (Å²) in [6.07, 6.45) is -0.205. The molecule has 2 saturated heterocycles. The predicted molar refractivity (Wildman–Crippen MR) is 112 cm³/mol. The molecule has 2 N–H and O–H groups in total. The van der Waals surface area contributed by atoms with Crippen LogP contribution in [-0.4, -0.2) is 56.3 Å². The van der Waals surface area contributed by atoms with Crippen LogP contribution in [0.3, 0.4) is 0 Å². The van der Waals surface area contributed by atoms with E-state index in [0.29, 0.717) is 16.4 Å². The van der Waals surface area contributed by atoms with E-state index in [1.54, 1.807) is 42.7 Å². The van der Waals surface area contributed by atoms with Gasteiger partial charge in [0.2, 0.25) is 0 Å². The van der Waals surface area contributed by atoms with Gasteiger partial charge in [0.25, 0.3) is 5.56 Å². The number of fused-ring (bicyclic) bond motifs is 2. The monoisotopic (exact) mass is 461 g/mol. The average Bonchev–Trinajstić information content (AvgIpc) is 3.38. The Bertz CT molecular complexity index is 1230. The normalized spacial score (nSPS) is 26.2. The molecule has 1 amide bonds. The molecule has 2 fully saturated rings. The van der Waals surface area contributed by atoms with Crippen LogP contribution in [0.5, 0.6) is 0 Å². The third-order valence-electron chi connectivity index (χ3n) is 5.21. The van der Waals surface area contributed by atoms with Crippen LogP contribution in [0.15, 0.2) is 41.7 Å². The van der Waals surface area contributed by atoms with Gasteiger partial charge in [0, 0.05) is 10.7 Å². The first kappa shape index (κ1) is 20.9. The van der Waals surface area contributed by atoms with Gasteiger partial charge in [-0.15, -0.1) is 0 Å². The minimum absolute atomic E-state index is 0.0792. The van der Waals surface area contributed by atoms with Crippen molar-refractivity contribution in [3.63, 3.8) is 0 Å². The van der Waals surface area contributed by atoms with Crippen molar-refractivity contribution in [3.8, 4) is 0 Å². The molecule has 32 heavy (non-hydrogen) atoms. The zero-order valence-corrected chi connectivity index (χ0v) is 17.9. The highest BCUT2D eigenvalue weighted by atomic mass is 35.5. The van der Waals surface area contributed by atoms with Crippen molar-refractivity contribution in [2.45, 2.75) is 44.2 Å². The number of carbonyl (C=O) groups excluding carboxylic acids is 1. The average molecular weight is 462 g/mol. The van der Waals surface area contributed by atoms with Crippen LogP contribution in [-0.2, 0) is 18.9 Å². The lowest BCUT2D eigenvalue weighted by Gasteiger charge is -2.24. The Morgan fingerprint density at radius 1 is 1.31 bits per heavy atom.